The number of carbonyl (C=O) groups is 2. The van der Waals surface area contributed by atoms with Gasteiger partial charge in [-0.1, -0.05) is 40.2 Å². The lowest BCUT2D eigenvalue weighted by molar-refractivity contribution is -0.127. The lowest BCUT2D eigenvalue weighted by Crippen LogP contribution is -2.26. The van der Waals surface area contributed by atoms with Crippen LogP contribution in [0.1, 0.15) is 27.6 Å². The van der Waals surface area contributed by atoms with Gasteiger partial charge in [0.2, 0.25) is 6.10 Å². The maximum absolute atomic E-state index is 12.5. The van der Waals surface area contributed by atoms with Crippen molar-refractivity contribution in [2.45, 2.75) is 6.10 Å². The number of benzene rings is 3. The molecule has 5 nitrogen and oxygen atoms in total. The summed E-state index contributed by atoms with van der Waals surface area (Å²) in [5.41, 5.74) is 6.72. The van der Waals surface area contributed by atoms with Gasteiger partial charge in [0.05, 0.1) is 17.2 Å². The van der Waals surface area contributed by atoms with Crippen molar-refractivity contribution in [2.24, 2.45) is 5.73 Å². The number of amides is 1. The Hall–Kier alpha value is -3.17. The topological polar surface area (TPSA) is 93.2 Å². The summed E-state index contributed by atoms with van der Waals surface area (Å²) in [6.07, 6.45) is -1.18. The van der Waals surface area contributed by atoms with Crippen LogP contribution in [0.25, 0.3) is 10.8 Å². The van der Waals surface area contributed by atoms with Crippen LogP contribution in [0, 0.1) is 11.3 Å². The molecular weight excluding hydrogens is 396 g/mol. The van der Waals surface area contributed by atoms with Gasteiger partial charge in [0.1, 0.15) is 0 Å². The zero-order chi connectivity index (χ0) is 18.7. The number of primary amides is 1. The Balaban J connectivity index is 1.89. The molecule has 0 heterocycles. The number of nitrogens with two attached hydrogens (primary N) is 1. The molecule has 0 aliphatic heterocycles. The average Bonchev–Trinajstić information content (AvgIpc) is 2.64. The van der Waals surface area contributed by atoms with Crippen LogP contribution in [-0.4, -0.2) is 11.9 Å². The molecule has 2 N–H and O–H groups in total. The number of esters is 1. The summed E-state index contributed by atoms with van der Waals surface area (Å²) in [6.45, 7) is 0. The van der Waals surface area contributed by atoms with Crippen LogP contribution in [0.3, 0.4) is 0 Å². The van der Waals surface area contributed by atoms with Gasteiger partial charge in [-0.3, -0.25) is 4.79 Å². The van der Waals surface area contributed by atoms with Crippen LogP contribution in [0.5, 0.6) is 0 Å². The summed E-state index contributed by atoms with van der Waals surface area (Å²) in [7, 11) is 0. The van der Waals surface area contributed by atoms with E-state index in [0.717, 1.165) is 15.2 Å². The van der Waals surface area contributed by atoms with Crippen molar-refractivity contribution in [3.63, 3.8) is 0 Å². The standard InChI is InChI=1S/C20H13BrN2O3/c21-17-3-1-2-15(10-17)18(19(23)24)26-20(25)16-7-6-13-8-12(11-22)4-5-14(13)9-16/h1-10,18H,(H2,23,24). The van der Waals surface area contributed by atoms with Crippen molar-refractivity contribution >= 4 is 38.6 Å². The fraction of sp³-hybridized carbons (Fsp3) is 0.0500. The van der Waals surface area contributed by atoms with Crippen LogP contribution < -0.4 is 5.73 Å². The van der Waals surface area contributed by atoms with E-state index in [0.29, 0.717) is 16.7 Å². The minimum Gasteiger partial charge on any atom is -0.444 e. The van der Waals surface area contributed by atoms with E-state index in [1.807, 2.05) is 0 Å². The highest BCUT2D eigenvalue weighted by molar-refractivity contribution is 9.10. The van der Waals surface area contributed by atoms with Crippen molar-refractivity contribution in [1.82, 2.24) is 0 Å². The molecule has 1 atom stereocenters. The van der Waals surface area contributed by atoms with Crippen LogP contribution in [0.2, 0.25) is 0 Å². The molecular formula is C20H13BrN2O3. The quantitative estimate of drug-likeness (QED) is 0.663. The second-order valence-electron chi connectivity index (χ2n) is 5.63. The largest absolute Gasteiger partial charge is 0.444 e. The molecule has 3 aromatic rings. The van der Waals surface area contributed by atoms with E-state index in [-0.39, 0.29) is 0 Å². The maximum atomic E-state index is 12.5. The highest BCUT2D eigenvalue weighted by Crippen LogP contribution is 2.24. The third-order valence-electron chi connectivity index (χ3n) is 3.84. The smallest absolute Gasteiger partial charge is 0.339 e. The predicted molar refractivity (Wildman–Crippen MR) is 100 cm³/mol. The van der Waals surface area contributed by atoms with Gasteiger partial charge in [-0.15, -0.1) is 0 Å². The normalized spacial score (nSPS) is 11.5. The minimum atomic E-state index is -1.18. The minimum absolute atomic E-state index is 0.295. The summed E-state index contributed by atoms with van der Waals surface area (Å²) in [6, 6.07) is 19.1. The van der Waals surface area contributed by atoms with Crippen LogP contribution in [0.15, 0.2) is 65.1 Å². The fourth-order valence-electron chi connectivity index (χ4n) is 2.58. The highest BCUT2D eigenvalue weighted by Gasteiger charge is 2.23. The number of nitriles is 1. The number of hydrogen-bond donors (Lipinski definition) is 1. The molecule has 0 aliphatic rings. The molecule has 0 saturated heterocycles. The molecule has 0 aromatic heterocycles. The zero-order valence-corrected chi connectivity index (χ0v) is 15.1. The first kappa shape index (κ1) is 17.6. The van der Waals surface area contributed by atoms with Gasteiger partial charge in [-0.25, -0.2) is 4.79 Å². The number of ether oxygens (including phenoxy) is 1. The maximum Gasteiger partial charge on any atom is 0.339 e. The predicted octanol–water partition coefficient (Wildman–Crippen LogP) is 3.86. The third kappa shape index (κ3) is 3.73. The SMILES string of the molecule is N#Cc1ccc2cc(C(=O)OC(C(N)=O)c3cccc(Br)c3)ccc2c1. The molecule has 1 unspecified atom stereocenters. The number of fused-ring (bicyclic) bond motifs is 1. The van der Waals surface area contributed by atoms with E-state index < -0.39 is 18.0 Å². The first-order valence-corrected chi connectivity index (χ1v) is 8.47. The van der Waals surface area contributed by atoms with Gasteiger partial charge < -0.3 is 10.5 Å². The van der Waals surface area contributed by atoms with Crippen molar-refractivity contribution < 1.29 is 14.3 Å². The van der Waals surface area contributed by atoms with Crippen LogP contribution in [-0.2, 0) is 9.53 Å². The van der Waals surface area contributed by atoms with Crippen LogP contribution in [0.4, 0.5) is 0 Å². The number of halogens is 1. The fourth-order valence-corrected chi connectivity index (χ4v) is 2.99. The molecule has 0 radical (unpaired) electrons. The molecule has 128 valence electrons. The Morgan fingerprint density at radius 2 is 1.77 bits per heavy atom. The van der Waals surface area contributed by atoms with E-state index >= 15 is 0 Å². The van der Waals surface area contributed by atoms with Crippen molar-refractivity contribution in [3.05, 3.63) is 81.8 Å². The van der Waals surface area contributed by atoms with E-state index in [4.69, 9.17) is 15.7 Å². The second kappa shape index (κ2) is 7.38. The molecule has 0 saturated carbocycles. The Kier molecular flexibility index (Phi) is 5.01. The molecule has 6 heteroatoms. The highest BCUT2D eigenvalue weighted by atomic mass is 79.9. The van der Waals surface area contributed by atoms with Crippen molar-refractivity contribution in [2.75, 3.05) is 0 Å². The van der Waals surface area contributed by atoms with Gasteiger partial charge >= 0.3 is 5.97 Å². The van der Waals surface area contributed by atoms with Gasteiger partial charge in [0, 0.05) is 10.0 Å². The van der Waals surface area contributed by atoms with Gasteiger partial charge in [0.15, 0.2) is 0 Å². The monoisotopic (exact) mass is 408 g/mol. The molecule has 0 fully saturated rings. The van der Waals surface area contributed by atoms with Gasteiger partial charge in [0.25, 0.3) is 5.91 Å². The molecule has 0 spiro atoms. The first-order chi connectivity index (χ1) is 12.5. The van der Waals surface area contributed by atoms with Gasteiger partial charge in [-0.05, 0) is 47.2 Å². The first-order valence-electron chi connectivity index (χ1n) is 7.67. The summed E-state index contributed by atoms with van der Waals surface area (Å²) < 4.78 is 6.09. The van der Waals surface area contributed by atoms with Gasteiger partial charge in [-0.2, -0.15) is 5.26 Å². The Morgan fingerprint density at radius 1 is 1.04 bits per heavy atom. The van der Waals surface area contributed by atoms with E-state index in [2.05, 4.69) is 22.0 Å². The van der Waals surface area contributed by atoms with Crippen molar-refractivity contribution in [3.8, 4) is 6.07 Å². The second-order valence-corrected chi connectivity index (χ2v) is 6.55. The Bertz CT molecular complexity index is 1060. The summed E-state index contributed by atoms with van der Waals surface area (Å²) in [4.78, 5) is 24.3. The summed E-state index contributed by atoms with van der Waals surface area (Å²) >= 11 is 3.31. The van der Waals surface area contributed by atoms with Crippen LogP contribution >= 0.6 is 15.9 Å². The summed E-state index contributed by atoms with van der Waals surface area (Å²) in [5.74, 6) is -1.41. The molecule has 1 amide bonds. The van der Waals surface area contributed by atoms with E-state index in [1.165, 1.54) is 0 Å². The molecule has 3 aromatic carbocycles. The lowest BCUT2D eigenvalue weighted by atomic mass is 10.0. The van der Waals surface area contributed by atoms with E-state index in [9.17, 15) is 9.59 Å². The number of carbonyl (C=O) groups excluding carboxylic acids is 2. The third-order valence-corrected chi connectivity index (χ3v) is 4.33. The van der Waals surface area contributed by atoms with Crippen molar-refractivity contribution in [1.29, 1.82) is 5.26 Å². The zero-order valence-electron chi connectivity index (χ0n) is 13.5. The Labute approximate surface area is 158 Å². The number of hydrogen-bond acceptors (Lipinski definition) is 4. The van der Waals surface area contributed by atoms with E-state index in [1.54, 1.807) is 60.7 Å². The molecule has 26 heavy (non-hydrogen) atoms. The molecule has 0 aliphatic carbocycles. The average molecular weight is 409 g/mol. The summed E-state index contributed by atoms with van der Waals surface area (Å²) in [5, 5.41) is 10.6. The number of nitrogens with zero attached hydrogens (tertiary/aromatic N) is 1. The molecule has 0 bridgehead atoms. The Morgan fingerprint density at radius 3 is 2.46 bits per heavy atom. The number of rotatable bonds is 4. The lowest BCUT2D eigenvalue weighted by Gasteiger charge is -2.15. The molecule has 3 rings (SSSR count).